The molecule has 106 valence electrons. The number of benzene rings is 1. The number of amidine groups is 1. The number of hydrogen-bond donors (Lipinski definition) is 1. The lowest BCUT2D eigenvalue weighted by molar-refractivity contribution is 0.590. The van der Waals surface area contributed by atoms with Gasteiger partial charge in [-0.3, -0.25) is 9.71 Å². The van der Waals surface area contributed by atoms with Crippen molar-refractivity contribution in [1.29, 1.82) is 0 Å². The van der Waals surface area contributed by atoms with Crippen LogP contribution in [0, 0.1) is 0 Å². The number of rotatable bonds is 3. The first-order chi connectivity index (χ1) is 8.58. The van der Waals surface area contributed by atoms with E-state index in [1.807, 2.05) is 12.1 Å². The summed E-state index contributed by atoms with van der Waals surface area (Å²) in [5.74, 6) is 0.405. The molecule has 1 rings (SSSR count). The summed E-state index contributed by atoms with van der Waals surface area (Å²) in [5.41, 5.74) is 2.46. The first-order valence-corrected chi connectivity index (χ1v) is 8.05. The summed E-state index contributed by atoms with van der Waals surface area (Å²) in [4.78, 5) is 4.20. The van der Waals surface area contributed by atoms with E-state index in [0.29, 0.717) is 12.4 Å². The zero-order chi connectivity index (χ0) is 14.7. The van der Waals surface area contributed by atoms with Crippen molar-refractivity contribution in [3.63, 3.8) is 0 Å². The second-order valence-corrected chi connectivity index (χ2v) is 7.47. The molecule has 0 heterocycles. The highest BCUT2D eigenvalue weighted by atomic mass is 32.2. The minimum Gasteiger partial charge on any atom is -0.272 e. The Kier molecular flexibility index (Phi) is 4.74. The van der Waals surface area contributed by atoms with Crippen molar-refractivity contribution in [3.8, 4) is 0 Å². The minimum absolute atomic E-state index is 0.134. The van der Waals surface area contributed by atoms with E-state index < -0.39 is 10.0 Å². The number of sulfonamides is 1. The summed E-state index contributed by atoms with van der Waals surface area (Å²) in [7, 11) is -3.23. The molecule has 0 spiro atoms. The summed E-state index contributed by atoms with van der Waals surface area (Å²) in [5, 5.41) is 0. The topological polar surface area (TPSA) is 58.5 Å². The molecule has 0 aromatic heterocycles. The number of nitrogens with zero attached hydrogens (tertiary/aromatic N) is 1. The molecule has 0 saturated carbocycles. The summed E-state index contributed by atoms with van der Waals surface area (Å²) >= 11 is 0. The molecule has 0 aliphatic carbocycles. The van der Waals surface area contributed by atoms with Crippen LogP contribution in [0.25, 0.3) is 0 Å². The van der Waals surface area contributed by atoms with Gasteiger partial charge in [0.2, 0.25) is 10.0 Å². The second-order valence-electron chi connectivity index (χ2n) is 5.72. The Morgan fingerprint density at radius 2 is 1.74 bits per heavy atom. The van der Waals surface area contributed by atoms with Crippen LogP contribution < -0.4 is 4.72 Å². The van der Waals surface area contributed by atoms with Crippen molar-refractivity contribution in [1.82, 2.24) is 4.72 Å². The van der Waals surface area contributed by atoms with Crippen LogP contribution in [0.1, 0.15) is 38.8 Å². The van der Waals surface area contributed by atoms with Crippen LogP contribution in [-0.2, 0) is 22.0 Å². The predicted molar refractivity (Wildman–Crippen MR) is 79.9 cm³/mol. The number of hydrogen-bond acceptors (Lipinski definition) is 3. The first kappa shape index (κ1) is 15.7. The quantitative estimate of drug-likeness (QED) is 0.684. The molecule has 0 saturated heterocycles. The van der Waals surface area contributed by atoms with Gasteiger partial charge in [0, 0.05) is 0 Å². The fraction of sp³-hybridized carbons (Fsp3) is 0.500. The maximum Gasteiger partial charge on any atom is 0.230 e. The molecular weight excluding hydrogens is 260 g/mol. The van der Waals surface area contributed by atoms with E-state index in [0.717, 1.165) is 11.8 Å². The minimum atomic E-state index is -3.23. The van der Waals surface area contributed by atoms with Crippen LogP contribution in [-0.4, -0.2) is 20.5 Å². The van der Waals surface area contributed by atoms with E-state index in [4.69, 9.17) is 0 Å². The average Bonchev–Trinajstić information content (AvgIpc) is 2.23. The molecule has 0 amide bonds. The molecule has 0 aliphatic rings. The summed E-state index contributed by atoms with van der Waals surface area (Å²) in [6, 6.07) is 8.23. The van der Waals surface area contributed by atoms with Gasteiger partial charge in [-0.2, -0.15) is 0 Å². The van der Waals surface area contributed by atoms with Gasteiger partial charge in [-0.25, -0.2) is 8.42 Å². The van der Waals surface area contributed by atoms with Crippen LogP contribution in [0.4, 0.5) is 0 Å². The van der Waals surface area contributed by atoms with E-state index in [1.165, 1.54) is 5.56 Å². The maximum atomic E-state index is 11.0. The highest BCUT2D eigenvalue weighted by Crippen LogP contribution is 2.22. The van der Waals surface area contributed by atoms with E-state index in [9.17, 15) is 8.42 Å². The molecular formula is C14H22N2O2S. The zero-order valence-corrected chi connectivity index (χ0v) is 13.0. The standard InChI is InChI=1S/C14H22N2O2S/c1-11(16-19(5,17)18)15-10-12-6-8-13(9-7-12)14(2,3)4/h6-9H,10H2,1-5H3,(H,15,16). The Balaban J connectivity index is 2.72. The molecule has 1 aromatic rings. The van der Waals surface area contributed by atoms with Crippen molar-refractivity contribution in [2.45, 2.75) is 39.7 Å². The molecule has 0 unspecified atom stereocenters. The lowest BCUT2D eigenvalue weighted by Gasteiger charge is -2.18. The first-order valence-electron chi connectivity index (χ1n) is 6.16. The smallest absolute Gasteiger partial charge is 0.230 e. The number of aliphatic imine (C=N–C) groups is 1. The molecule has 4 nitrogen and oxygen atoms in total. The lowest BCUT2D eigenvalue weighted by Crippen LogP contribution is -2.27. The van der Waals surface area contributed by atoms with E-state index in [1.54, 1.807) is 6.92 Å². The van der Waals surface area contributed by atoms with Crippen LogP contribution in [0.5, 0.6) is 0 Å². The fourth-order valence-corrected chi connectivity index (χ4v) is 2.22. The Bertz CT molecular complexity index is 552. The van der Waals surface area contributed by atoms with Gasteiger partial charge in [0.15, 0.2) is 0 Å². The van der Waals surface area contributed by atoms with E-state index in [2.05, 4.69) is 42.6 Å². The third-order valence-corrected chi connectivity index (χ3v) is 3.32. The van der Waals surface area contributed by atoms with Crippen LogP contribution >= 0.6 is 0 Å². The average molecular weight is 282 g/mol. The van der Waals surface area contributed by atoms with Gasteiger partial charge in [-0.05, 0) is 23.5 Å². The third-order valence-electron chi connectivity index (χ3n) is 2.65. The van der Waals surface area contributed by atoms with Gasteiger partial charge >= 0.3 is 0 Å². The van der Waals surface area contributed by atoms with Gasteiger partial charge in [-0.1, -0.05) is 45.0 Å². The van der Waals surface area contributed by atoms with Gasteiger partial charge in [0.25, 0.3) is 0 Å². The highest BCUT2D eigenvalue weighted by Gasteiger charge is 2.12. The molecule has 1 aromatic carbocycles. The van der Waals surface area contributed by atoms with Gasteiger partial charge in [-0.15, -0.1) is 0 Å². The molecule has 19 heavy (non-hydrogen) atoms. The third kappa shape index (κ3) is 5.87. The molecule has 0 aliphatic heterocycles. The Labute approximate surface area is 116 Å². The monoisotopic (exact) mass is 282 g/mol. The Hall–Kier alpha value is -1.36. The molecule has 1 N–H and O–H groups in total. The van der Waals surface area contributed by atoms with Crippen molar-refractivity contribution in [2.75, 3.05) is 6.26 Å². The van der Waals surface area contributed by atoms with Gasteiger partial charge in [0.1, 0.15) is 5.84 Å². The molecule has 0 atom stereocenters. The van der Waals surface area contributed by atoms with Crippen molar-refractivity contribution in [2.24, 2.45) is 4.99 Å². The van der Waals surface area contributed by atoms with Crippen LogP contribution in [0.15, 0.2) is 29.3 Å². The largest absolute Gasteiger partial charge is 0.272 e. The molecule has 5 heteroatoms. The van der Waals surface area contributed by atoms with Crippen LogP contribution in [0.3, 0.4) is 0 Å². The van der Waals surface area contributed by atoms with Gasteiger partial charge < -0.3 is 0 Å². The Morgan fingerprint density at radius 1 is 1.21 bits per heavy atom. The maximum absolute atomic E-state index is 11.0. The normalized spacial score (nSPS) is 13.4. The van der Waals surface area contributed by atoms with Gasteiger partial charge in [0.05, 0.1) is 12.8 Å². The van der Waals surface area contributed by atoms with Crippen molar-refractivity contribution >= 4 is 15.9 Å². The SMILES string of the molecule is CC(=NCc1ccc(C(C)(C)C)cc1)NS(C)(=O)=O. The summed E-state index contributed by atoms with van der Waals surface area (Å²) in [6.07, 6.45) is 1.12. The van der Waals surface area contributed by atoms with Crippen LogP contribution in [0.2, 0.25) is 0 Å². The van der Waals surface area contributed by atoms with Crippen molar-refractivity contribution in [3.05, 3.63) is 35.4 Å². The van der Waals surface area contributed by atoms with E-state index in [-0.39, 0.29) is 5.41 Å². The molecule has 0 radical (unpaired) electrons. The number of nitrogens with one attached hydrogen (secondary N) is 1. The Morgan fingerprint density at radius 3 is 2.16 bits per heavy atom. The second kappa shape index (κ2) is 5.74. The zero-order valence-electron chi connectivity index (χ0n) is 12.2. The summed E-state index contributed by atoms with van der Waals surface area (Å²) in [6.45, 7) is 8.62. The predicted octanol–water partition coefficient (Wildman–Crippen LogP) is 2.45. The molecule has 0 bridgehead atoms. The van der Waals surface area contributed by atoms with E-state index >= 15 is 0 Å². The fourth-order valence-electron chi connectivity index (χ4n) is 1.62. The van der Waals surface area contributed by atoms with Crippen molar-refractivity contribution < 1.29 is 8.42 Å². The lowest BCUT2D eigenvalue weighted by atomic mass is 9.87. The highest BCUT2D eigenvalue weighted by molar-refractivity contribution is 7.89. The molecule has 0 fully saturated rings. The summed E-state index contributed by atoms with van der Waals surface area (Å²) < 4.78 is 24.4.